The van der Waals surface area contributed by atoms with E-state index in [2.05, 4.69) is 47.9 Å². The molecular weight excluding hydrogens is 1640 g/mol. The molecular formula is C97H137FN10O20. The van der Waals surface area contributed by atoms with Gasteiger partial charge in [0.25, 0.3) is 5.91 Å². The van der Waals surface area contributed by atoms with E-state index in [4.69, 9.17) is 53.1 Å². The quantitative estimate of drug-likeness (QED) is 0.0125. The highest BCUT2D eigenvalue weighted by atomic mass is 19.1. The third-order valence-electron chi connectivity index (χ3n) is 20.0. The van der Waals surface area contributed by atoms with E-state index in [-0.39, 0.29) is 37.3 Å². The Kier molecular flexibility index (Phi) is 39.6. The maximum absolute atomic E-state index is 16.0. The van der Waals surface area contributed by atoms with Gasteiger partial charge < -0.3 is 101 Å². The summed E-state index contributed by atoms with van der Waals surface area (Å²) in [4.78, 5) is 147. The third kappa shape index (κ3) is 35.7. The number of unbranched alkanes of at least 4 members (excludes halogenated alkanes) is 1. The third-order valence-corrected chi connectivity index (χ3v) is 20.0. The predicted octanol–water partition coefficient (Wildman–Crippen LogP) is 11.2. The highest BCUT2D eigenvalue weighted by Crippen LogP contribution is 2.36. The minimum absolute atomic E-state index is 0.0130. The van der Waals surface area contributed by atoms with Gasteiger partial charge in [0.2, 0.25) is 41.4 Å². The van der Waals surface area contributed by atoms with Crippen LogP contribution in [0, 0.1) is 5.82 Å². The Labute approximate surface area is 753 Å². The monoisotopic (exact) mass is 1780 g/mol. The molecule has 30 nitrogen and oxygen atoms in total. The molecule has 0 spiro atoms. The summed E-state index contributed by atoms with van der Waals surface area (Å²) in [6.45, 7) is 32.0. The van der Waals surface area contributed by atoms with Crippen molar-refractivity contribution in [2.75, 3.05) is 54.7 Å². The molecule has 0 heterocycles. The van der Waals surface area contributed by atoms with Crippen molar-refractivity contribution in [3.63, 3.8) is 0 Å². The Morgan fingerprint density at radius 3 is 1.64 bits per heavy atom. The van der Waals surface area contributed by atoms with Crippen molar-refractivity contribution in [3.05, 3.63) is 173 Å². The first-order chi connectivity index (χ1) is 59.9. The number of hydrogen-bond acceptors (Lipinski definition) is 21. The van der Waals surface area contributed by atoms with Gasteiger partial charge in [0, 0.05) is 38.1 Å². The Balaban J connectivity index is 1.45. The van der Waals surface area contributed by atoms with Gasteiger partial charge in [-0.2, -0.15) is 0 Å². The number of aryl methyl sites for hydroxylation is 2. The molecule has 6 aromatic rings. The molecule has 0 fully saturated rings. The van der Waals surface area contributed by atoms with Crippen LogP contribution in [0.5, 0.6) is 28.7 Å². The van der Waals surface area contributed by atoms with Crippen molar-refractivity contribution in [3.8, 4) is 39.9 Å². The smallest absolute Gasteiger partial charge is 0.407 e. The zero-order valence-corrected chi connectivity index (χ0v) is 78.7. The van der Waals surface area contributed by atoms with Gasteiger partial charge in [0.1, 0.15) is 87.6 Å². The Morgan fingerprint density at radius 1 is 0.500 bits per heavy atom. The number of carbonyl (C=O) groups excluding carboxylic acids is 10. The van der Waals surface area contributed by atoms with Gasteiger partial charge >= 0.3 is 12.1 Å². The molecule has 6 rings (SSSR count). The SMILES string of the molecule is CCc1cc(OC)ccc1-c1ccc(C[C@H](NC(=O)C(CC(=O)OC(C)(C)C)NC(=O)C(COC(C)(C)C)NC(=O)[C@@H](NC(=O)[C@](C)(Cc2ccccc2F)NC(=O)[C@@H](N)[C@@H](C)OC(C)(C)C)[C@@H](C)OC(C)(C)C)C(=O)N[C@@H](CCCc2ccc(OCCCCNC(=O)OC(C)(C)C)cc2)C(=O)NC(c2ccc(OCC(=O)NC)cc2)c2ccc(OC)cc2OC)cc1. The van der Waals surface area contributed by atoms with Crippen LogP contribution in [0.2, 0.25) is 0 Å². The molecule has 6 aromatic carbocycles. The number of rotatable bonds is 46. The second-order valence-corrected chi connectivity index (χ2v) is 36.8. The van der Waals surface area contributed by atoms with E-state index in [1.807, 2.05) is 61.5 Å². The first kappa shape index (κ1) is 105. The number of carbonyl (C=O) groups is 10. The van der Waals surface area contributed by atoms with Crippen molar-refractivity contribution < 1.29 is 99.7 Å². The van der Waals surface area contributed by atoms with Crippen LogP contribution >= 0.6 is 0 Å². The molecule has 0 aliphatic carbocycles. The summed E-state index contributed by atoms with van der Waals surface area (Å²) in [7, 11) is 6.03. The van der Waals surface area contributed by atoms with E-state index in [0.717, 1.165) is 22.3 Å². The van der Waals surface area contributed by atoms with E-state index in [1.54, 1.807) is 179 Å². The normalized spacial score (nSPS) is 14.4. The van der Waals surface area contributed by atoms with Gasteiger partial charge in [0.05, 0.1) is 76.0 Å². The zero-order chi connectivity index (χ0) is 95.2. The maximum Gasteiger partial charge on any atom is 0.407 e. The van der Waals surface area contributed by atoms with E-state index in [9.17, 15) is 19.2 Å². The van der Waals surface area contributed by atoms with Crippen molar-refractivity contribution in [2.24, 2.45) is 5.73 Å². The molecule has 0 radical (unpaired) electrons. The minimum atomic E-state index is -2.07. The number of ether oxygens (including phenoxy) is 10. The summed E-state index contributed by atoms with van der Waals surface area (Å²) in [6, 6.07) is 27.0. The number of alkyl carbamates (subject to hydrolysis) is 1. The summed E-state index contributed by atoms with van der Waals surface area (Å²) in [5.74, 6) is -6.34. The summed E-state index contributed by atoms with van der Waals surface area (Å²) in [5.41, 5.74) is 4.99. The number of nitrogens with one attached hydrogen (secondary N) is 9. The van der Waals surface area contributed by atoms with Crippen molar-refractivity contribution >= 4 is 59.3 Å². The second kappa shape index (κ2) is 48.1. The van der Waals surface area contributed by atoms with Crippen LogP contribution in [-0.4, -0.2) is 196 Å². The summed E-state index contributed by atoms with van der Waals surface area (Å²) in [5, 5.41) is 25.1. The van der Waals surface area contributed by atoms with Crippen LogP contribution in [-0.2, 0) is 92.5 Å². The molecule has 0 bridgehead atoms. The lowest BCUT2D eigenvalue weighted by atomic mass is 9.90. The fourth-order valence-electron chi connectivity index (χ4n) is 13.7. The van der Waals surface area contributed by atoms with Gasteiger partial charge in [-0.25, -0.2) is 9.18 Å². The summed E-state index contributed by atoms with van der Waals surface area (Å²) >= 11 is 0. The van der Waals surface area contributed by atoms with Gasteiger partial charge in [0.15, 0.2) is 6.61 Å². The highest BCUT2D eigenvalue weighted by Gasteiger charge is 2.44. The van der Waals surface area contributed by atoms with E-state index in [1.165, 1.54) is 53.3 Å². The lowest BCUT2D eigenvalue weighted by molar-refractivity contribution is -0.157. The molecule has 9 amide bonds. The molecule has 3 unspecified atom stereocenters. The van der Waals surface area contributed by atoms with Gasteiger partial charge in [-0.3, -0.25) is 43.2 Å². The van der Waals surface area contributed by atoms with Crippen LogP contribution in [0.15, 0.2) is 133 Å². The average Bonchev–Trinajstić information content (AvgIpc) is 0.807. The first-order valence-corrected chi connectivity index (χ1v) is 43.4. The number of methoxy groups -OCH3 is 3. The highest BCUT2D eigenvalue weighted by molar-refractivity contribution is 5.99. The molecule has 10 atom stereocenters. The zero-order valence-electron chi connectivity index (χ0n) is 78.7. The number of hydrogen-bond donors (Lipinski definition) is 10. The second-order valence-electron chi connectivity index (χ2n) is 36.8. The number of esters is 1. The Morgan fingerprint density at radius 2 is 1.05 bits per heavy atom. The summed E-state index contributed by atoms with van der Waals surface area (Å²) < 4.78 is 74.4. The van der Waals surface area contributed by atoms with Crippen LogP contribution in [0.3, 0.4) is 0 Å². The van der Waals surface area contributed by atoms with Gasteiger partial charge in [-0.05, 0) is 257 Å². The molecule has 0 saturated carbocycles. The van der Waals surface area contributed by atoms with Crippen LogP contribution in [0.1, 0.15) is 203 Å². The van der Waals surface area contributed by atoms with Crippen molar-refractivity contribution in [1.29, 1.82) is 0 Å². The molecule has 702 valence electrons. The topological polar surface area (TPSA) is 397 Å². The van der Waals surface area contributed by atoms with Gasteiger partial charge in [-0.1, -0.05) is 79.7 Å². The van der Waals surface area contributed by atoms with E-state index < -0.39 is 167 Å². The van der Waals surface area contributed by atoms with Crippen LogP contribution in [0.25, 0.3) is 11.1 Å². The largest absolute Gasteiger partial charge is 0.497 e. The first-order valence-electron chi connectivity index (χ1n) is 43.4. The predicted molar refractivity (Wildman–Crippen MR) is 486 cm³/mol. The average molecular weight is 1780 g/mol. The van der Waals surface area contributed by atoms with E-state index >= 15 is 33.2 Å². The van der Waals surface area contributed by atoms with Crippen molar-refractivity contribution in [2.45, 2.75) is 277 Å². The number of halogens is 1. The molecule has 0 aliphatic rings. The molecule has 31 heteroatoms. The Bertz CT molecular complexity index is 4670. The lowest BCUT2D eigenvalue weighted by Gasteiger charge is -2.36. The van der Waals surface area contributed by atoms with E-state index in [0.29, 0.717) is 84.3 Å². The lowest BCUT2D eigenvalue weighted by Crippen LogP contribution is -2.67. The fraction of sp³-hybridized carbons (Fsp3) is 0.526. The molecule has 11 N–H and O–H groups in total. The van der Waals surface area contributed by atoms with Crippen LogP contribution in [0.4, 0.5) is 9.18 Å². The van der Waals surface area contributed by atoms with Gasteiger partial charge in [-0.15, -0.1) is 0 Å². The molecule has 0 saturated heterocycles. The maximum atomic E-state index is 16.0. The molecule has 0 aliphatic heterocycles. The molecule has 0 aromatic heterocycles. The summed E-state index contributed by atoms with van der Waals surface area (Å²) in [6.07, 6.45) is -1.63. The standard InChI is InChI=1S/C97H137FN10O20/c1-24-63-53-69(119-21)46-48-71(63)64-38-34-62(35-39-64)52-75(85(112)102-74(33-29-30-61-36-42-67(43-37-61)122-51-28-27-50-101-91(118)128-96(16,17)18)84(111)106-83(72-49-47-70(120-22)54-78(72)121-23)65-40-44-68(45-41-65)123-58-79(109)100-20)103-86(113)76(55-80(110)127-95(13,14)15)104-87(114)77(57-124-92(4,5)6)105-89(116)82(60(3)126-94(10,11)12)107-90(117)97(19,56-66-31-25-26-32-73(66)98)108-88(115)81(99)59(2)125-93(7,8)9/h25-26,31-32,34-49,53-54,59-60,74-77,81-83H,24,27-30,33,50-52,55-58,99H2,1-23H3,(H,100,109)(H,101,118)(H,102,112)(H,103,113)(H,104,114)(H,105,116)(H,106,111)(H,107,117)(H,108,115)/t59-,60-,74+,75+,76?,77?,81+,82+,83?,97+/m1/s1. The number of likely N-dealkylation sites (N-methyl/N-ethyl adjacent to an activating group) is 1. The number of benzene rings is 6. The number of nitrogens with two attached hydrogens (primary N) is 1. The van der Waals surface area contributed by atoms with Crippen molar-refractivity contribution in [1.82, 2.24) is 47.9 Å². The Hall–Kier alpha value is -11.4. The molecule has 128 heavy (non-hydrogen) atoms. The van der Waals surface area contributed by atoms with Crippen LogP contribution < -0.4 is 77.3 Å². The minimum Gasteiger partial charge on any atom is -0.497 e. The number of amides is 9. The fourth-order valence-corrected chi connectivity index (χ4v) is 13.7.